The highest BCUT2D eigenvalue weighted by molar-refractivity contribution is 5.89. The molecule has 7 heteroatoms. The Labute approximate surface area is 125 Å². The molecule has 0 spiro atoms. The molecule has 22 heavy (non-hydrogen) atoms. The van der Waals surface area contributed by atoms with E-state index in [4.69, 9.17) is 0 Å². The largest absolute Gasteiger partial charge is 0.451 e. The lowest BCUT2D eigenvalue weighted by atomic mass is 9.99. The zero-order valence-corrected chi connectivity index (χ0v) is 11.8. The Morgan fingerprint density at radius 1 is 1.23 bits per heavy atom. The van der Waals surface area contributed by atoms with Crippen LogP contribution in [0.4, 0.5) is 19.0 Å². The van der Waals surface area contributed by atoms with Crippen molar-refractivity contribution in [1.82, 2.24) is 9.97 Å². The summed E-state index contributed by atoms with van der Waals surface area (Å²) in [4.78, 5) is 9.22. The predicted octanol–water partition coefficient (Wildman–Crippen LogP) is 2.86. The molecule has 0 radical (unpaired) electrons. The highest BCUT2D eigenvalue weighted by atomic mass is 19.4. The van der Waals surface area contributed by atoms with Crippen molar-refractivity contribution in [3.8, 4) is 0 Å². The average Bonchev–Trinajstić information content (AvgIpc) is 2.53. The van der Waals surface area contributed by atoms with Gasteiger partial charge in [-0.15, -0.1) is 0 Å². The van der Waals surface area contributed by atoms with E-state index in [2.05, 4.69) is 9.97 Å². The lowest BCUT2D eigenvalue weighted by Crippen LogP contribution is -2.37. The number of benzene rings is 1. The van der Waals surface area contributed by atoms with Gasteiger partial charge in [-0.1, -0.05) is 12.1 Å². The van der Waals surface area contributed by atoms with Crippen molar-refractivity contribution in [2.75, 3.05) is 24.6 Å². The van der Waals surface area contributed by atoms with Crippen LogP contribution >= 0.6 is 0 Å². The summed E-state index contributed by atoms with van der Waals surface area (Å²) in [5.41, 5.74) is 0.283. The molecule has 4 nitrogen and oxygen atoms in total. The molecule has 0 amide bonds. The summed E-state index contributed by atoms with van der Waals surface area (Å²) in [5, 5.41) is 9.92. The van der Waals surface area contributed by atoms with E-state index in [0.717, 1.165) is 12.8 Å². The first kappa shape index (κ1) is 15.0. The normalized spacial score (nSPS) is 19.6. The van der Waals surface area contributed by atoms with E-state index in [1.165, 1.54) is 0 Å². The molecular formula is C15H16F3N3O. The van der Waals surface area contributed by atoms with Gasteiger partial charge in [0, 0.05) is 25.1 Å². The highest BCUT2D eigenvalue weighted by Crippen LogP contribution is 2.33. The standard InChI is InChI=1S/C15H16F3N3O/c16-15(17,18)14-19-12-6-2-1-5-11(12)13(20-14)21-7-3-4-10(8-21)9-22/h1-2,5-6,10,22H,3-4,7-9H2/t10-/m1/s1. The summed E-state index contributed by atoms with van der Waals surface area (Å²) < 4.78 is 39.1. The van der Waals surface area contributed by atoms with Gasteiger partial charge < -0.3 is 10.0 Å². The molecule has 1 saturated heterocycles. The number of hydrogen-bond donors (Lipinski definition) is 1. The number of alkyl halides is 3. The first-order chi connectivity index (χ1) is 10.5. The second-order valence-electron chi connectivity index (χ2n) is 5.52. The third kappa shape index (κ3) is 2.85. The fourth-order valence-corrected chi connectivity index (χ4v) is 2.83. The van der Waals surface area contributed by atoms with Crippen molar-refractivity contribution >= 4 is 16.7 Å². The van der Waals surface area contributed by atoms with Crippen LogP contribution in [0.3, 0.4) is 0 Å². The third-order valence-corrected chi connectivity index (χ3v) is 3.91. The number of piperidine rings is 1. The minimum absolute atomic E-state index is 0.0334. The number of aliphatic hydroxyl groups excluding tert-OH is 1. The van der Waals surface area contributed by atoms with E-state index >= 15 is 0 Å². The van der Waals surface area contributed by atoms with Crippen molar-refractivity contribution in [2.45, 2.75) is 19.0 Å². The van der Waals surface area contributed by atoms with Gasteiger partial charge in [-0.3, -0.25) is 0 Å². The van der Waals surface area contributed by atoms with Crippen molar-refractivity contribution < 1.29 is 18.3 Å². The molecule has 2 heterocycles. The van der Waals surface area contributed by atoms with Gasteiger partial charge in [0.2, 0.25) is 5.82 Å². The minimum atomic E-state index is -4.58. The van der Waals surface area contributed by atoms with Gasteiger partial charge in [-0.25, -0.2) is 9.97 Å². The quantitative estimate of drug-likeness (QED) is 0.926. The highest BCUT2D eigenvalue weighted by Gasteiger charge is 2.36. The summed E-state index contributed by atoms with van der Waals surface area (Å²) in [6, 6.07) is 6.71. The van der Waals surface area contributed by atoms with Gasteiger partial charge >= 0.3 is 6.18 Å². The van der Waals surface area contributed by atoms with Crippen LogP contribution in [0.1, 0.15) is 18.7 Å². The number of nitrogens with zero attached hydrogens (tertiary/aromatic N) is 3. The molecule has 1 fully saturated rings. The summed E-state index contributed by atoms with van der Waals surface area (Å²) in [6.45, 7) is 1.18. The Hall–Kier alpha value is -1.89. The van der Waals surface area contributed by atoms with Gasteiger partial charge in [-0.05, 0) is 30.9 Å². The van der Waals surface area contributed by atoms with Gasteiger partial charge in [-0.2, -0.15) is 13.2 Å². The molecule has 1 aromatic carbocycles. The summed E-state index contributed by atoms with van der Waals surface area (Å²) in [6.07, 6.45) is -2.88. The smallest absolute Gasteiger partial charge is 0.396 e. The Morgan fingerprint density at radius 3 is 2.73 bits per heavy atom. The van der Waals surface area contributed by atoms with Gasteiger partial charge in [0.05, 0.1) is 5.52 Å². The molecule has 0 saturated carbocycles. The van der Waals surface area contributed by atoms with Crippen molar-refractivity contribution in [2.24, 2.45) is 5.92 Å². The van der Waals surface area contributed by atoms with Crippen LogP contribution in [0.25, 0.3) is 10.9 Å². The van der Waals surface area contributed by atoms with Crippen LogP contribution < -0.4 is 4.90 Å². The molecule has 1 atom stereocenters. The maximum Gasteiger partial charge on any atom is 0.451 e. The van der Waals surface area contributed by atoms with Crippen LogP contribution in [0.2, 0.25) is 0 Å². The third-order valence-electron chi connectivity index (χ3n) is 3.91. The monoisotopic (exact) mass is 311 g/mol. The number of fused-ring (bicyclic) bond motifs is 1. The van der Waals surface area contributed by atoms with Gasteiger partial charge in [0.15, 0.2) is 0 Å². The lowest BCUT2D eigenvalue weighted by Gasteiger charge is -2.33. The van der Waals surface area contributed by atoms with E-state index in [-0.39, 0.29) is 18.0 Å². The summed E-state index contributed by atoms with van der Waals surface area (Å²) in [5.74, 6) is -0.750. The van der Waals surface area contributed by atoms with Crippen molar-refractivity contribution in [1.29, 1.82) is 0 Å². The topological polar surface area (TPSA) is 49.2 Å². The first-order valence-electron chi connectivity index (χ1n) is 7.19. The number of aliphatic hydroxyl groups is 1. The number of rotatable bonds is 2. The second-order valence-corrected chi connectivity index (χ2v) is 5.52. The Kier molecular flexibility index (Phi) is 3.90. The zero-order valence-electron chi connectivity index (χ0n) is 11.8. The molecule has 0 bridgehead atoms. The van der Waals surface area contributed by atoms with Crippen LogP contribution in [0.5, 0.6) is 0 Å². The van der Waals surface area contributed by atoms with Crippen molar-refractivity contribution in [3.63, 3.8) is 0 Å². The summed E-state index contributed by atoms with van der Waals surface area (Å²) in [7, 11) is 0. The van der Waals surface area contributed by atoms with E-state index in [1.54, 1.807) is 24.3 Å². The molecule has 1 N–H and O–H groups in total. The van der Waals surface area contributed by atoms with E-state index in [0.29, 0.717) is 24.3 Å². The molecular weight excluding hydrogens is 295 g/mol. The summed E-state index contributed by atoms with van der Waals surface area (Å²) >= 11 is 0. The van der Waals surface area contributed by atoms with Gasteiger partial charge in [0.1, 0.15) is 5.82 Å². The zero-order chi connectivity index (χ0) is 15.7. The molecule has 1 aromatic heterocycles. The Balaban J connectivity index is 2.10. The van der Waals surface area contributed by atoms with Crippen LogP contribution in [0, 0.1) is 5.92 Å². The SMILES string of the molecule is OC[C@@H]1CCCN(c2nc(C(F)(F)F)nc3ccccc23)C1. The fraction of sp³-hybridized carbons (Fsp3) is 0.467. The molecule has 1 aliphatic rings. The molecule has 2 aromatic rings. The number of halogens is 3. The first-order valence-corrected chi connectivity index (χ1v) is 7.19. The van der Waals surface area contributed by atoms with E-state index in [1.807, 2.05) is 4.90 Å². The maximum absolute atomic E-state index is 13.0. The Morgan fingerprint density at radius 2 is 2.00 bits per heavy atom. The van der Waals surface area contributed by atoms with E-state index in [9.17, 15) is 18.3 Å². The Bertz CT molecular complexity index is 675. The number of aromatic nitrogens is 2. The van der Waals surface area contributed by atoms with Crippen molar-refractivity contribution in [3.05, 3.63) is 30.1 Å². The molecule has 118 valence electrons. The van der Waals surface area contributed by atoms with Crippen LogP contribution in [0.15, 0.2) is 24.3 Å². The second kappa shape index (κ2) is 5.72. The van der Waals surface area contributed by atoms with Crippen LogP contribution in [-0.2, 0) is 6.18 Å². The number of para-hydroxylation sites is 1. The minimum Gasteiger partial charge on any atom is -0.396 e. The van der Waals surface area contributed by atoms with Crippen LogP contribution in [-0.4, -0.2) is 34.8 Å². The van der Waals surface area contributed by atoms with Gasteiger partial charge in [0.25, 0.3) is 0 Å². The molecule has 0 aliphatic carbocycles. The molecule has 1 aliphatic heterocycles. The predicted molar refractivity (Wildman–Crippen MR) is 76.6 cm³/mol. The average molecular weight is 311 g/mol. The fourth-order valence-electron chi connectivity index (χ4n) is 2.83. The molecule has 3 rings (SSSR count). The van der Waals surface area contributed by atoms with E-state index < -0.39 is 12.0 Å². The number of anilines is 1. The lowest BCUT2D eigenvalue weighted by molar-refractivity contribution is -0.144. The maximum atomic E-state index is 13.0. The number of hydrogen-bond acceptors (Lipinski definition) is 4. The molecule has 0 unspecified atom stereocenters.